The van der Waals surface area contributed by atoms with Crippen LogP contribution in [-0.4, -0.2) is 65.3 Å². The molecule has 2 heterocycles. The predicted octanol–water partition coefficient (Wildman–Crippen LogP) is 2.10. The molecule has 0 saturated carbocycles. The van der Waals surface area contributed by atoms with E-state index in [4.69, 9.17) is 23.7 Å². The molecule has 0 bridgehead atoms. The molecule has 1 amide bonds. The number of hydrogen-bond donors (Lipinski definition) is 2. The van der Waals surface area contributed by atoms with Gasteiger partial charge in [-0.1, -0.05) is 0 Å². The number of amides is 1. The van der Waals surface area contributed by atoms with Gasteiger partial charge in [-0.25, -0.2) is 4.79 Å². The minimum Gasteiger partial charge on any atom is -0.462 e. The van der Waals surface area contributed by atoms with Crippen molar-refractivity contribution in [2.75, 3.05) is 6.61 Å². The number of carbonyl (C=O) groups is 2. The van der Waals surface area contributed by atoms with Gasteiger partial charge in [-0.15, -0.1) is 0 Å². The minimum atomic E-state index is -1.41. The molecule has 0 aliphatic carbocycles. The van der Waals surface area contributed by atoms with E-state index in [1.165, 1.54) is 0 Å². The lowest BCUT2D eigenvalue weighted by molar-refractivity contribution is -0.256. The molecule has 0 aromatic rings. The molecule has 5 atom stereocenters. The van der Waals surface area contributed by atoms with Crippen molar-refractivity contribution in [3.8, 4) is 0 Å². The van der Waals surface area contributed by atoms with E-state index in [-0.39, 0.29) is 6.61 Å². The highest BCUT2D eigenvalue weighted by Gasteiger charge is 2.67. The van der Waals surface area contributed by atoms with Gasteiger partial charge in [0.25, 0.3) is 0 Å². The number of aliphatic hydroxyl groups excluding tert-OH is 1. The summed E-state index contributed by atoms with van der Waals surface area (Å²) in [5.41, 5.74) is -2.77. The number of nitrogens with one attached hydrogen (secondary N) is 1. The van der Waals surface area contributed by atoms with Crippen molar-refractivity contribution in [3.05, 3.63) is 0 Å². The van der Waals surface area contributed by atoms with Gasteiger partial charge in [0, 0.05) is 0 Å². The summed E-state index contributed by atoms with van der Waals surface area (Å²) in [6.45, 7) is 15.4. The molecule has 2 aliphatic rings. The Labute approximate surface area is 172 Å². The third-order valence-electron chi connectivity index (χ3n) is 4.61. The van der Waals surface area contributed by atoms with Crippen molar-refractivity contribution in [1.82, 2.24) is 5.32 Å². The zero-order valence-electron chi connectivity index (χ0n) is 18.8. The molecule has 2 unspecified atom stereocenters. The molecule has 9 nitrogen and oxygen atoms in total. The summed E-state index contributed by atoms with van der Waals surface area (Å²) in [5, 5.41) is 13.4. The van der Waals surface area contributed by atoms with Crippen LogP contribution >= 0.6 is 0 Å². The Morgan fingerprint density at radius 3 is 2.28 bits per heavy atom. The standard InChI is InChI=1S/C20H35NO8/c1-11(21-16(24)28-18(5,6)7)12-13-20(15(23)26-12,29-19(8,9)27-13)10-25-14(22)17(2,3)4/h11-13,15,23H,10H2,1-9H3,(H,21,24)/t11?,12-,13+,15?,20+/m1/s1. The molecule has 0 spiro atoms. The van der Waals surface area contributed by atoms with Crippen molar-refractivity contribution in [2.45, 2.75) is 104 Å². The molecule has 29 heavy (non-hydrogen) atoms. The van der Waals surface area contributed by atoms with Crippen molar-refractivity contribution < 1.29 is 38.4 Å². The van der Waals surface area contributed by atoms with E-state index in [0.29, 0.717) is 0 Å². The van der Waals surface area contributed by atoms with Crippen molar-refractivity contribution in [1.29, 1.82) is 0 Å². The van der Waals surface area contributed by atoms with Crippen LogP contribution in [0.4, 0.5) is 4.79 Å². The number of esters is 1. The van der Waals surface area contributed by atoms with Crippen LogP contribution < -0.4 is 5.32 Å². The van der Waals surface area contributed by atoms with Crippen LogP contribution in [0.5, 0.6) is 0 Å². The second kappa shape index (κ2) is 7.68. The van der Waals surface area contributed by atoms with E-state index in [2.05, 4.69) is 5.32 Å². The van der Waals surface area contributed by atoms with E-state index in [0.717, 1.165) is 0 Å². The van der Waals surface area contributed by atoms with Crippen LogP contribution in [-0.2, 0) is 28.5 Å². The average Bonchev–Trinajstić information content (AvgIpc) is 2.91. The van der Waals surface area contributed by atoms with E-state index >= 15 is 0 Å². The molecule has 168 valence electrons. The van der Waals surface area contributed by atoms with Crippen LogP contribution in [0, 0.1) is 5.41 Å². The largest absolute Gasteiger partial charge is 0.462 e. The fraction of sp³-hybridized carbons (Fsp3) is 0.900. The van der Waals surface area contributed by atoms with Crippen LogP contribution in [0.25, 0.3) is 0 Å². The average molecular weight is 417 g/mol. The van der Waals surface area contributed by atoms with E-state index < -0.39 is 59.0 Å². The molecule has 0 radical (unpaired) electrons. The SMILES string of the molecule is CC(NC(=O)OC(C)(C)C)[C@H]1OC(O)[C@@]2(COC(=O)C(C)(C)C)OC(C)(C)O[C@@H]12. The van der Waals surface area contributed by atoms with Gasteiger partial charge >= 0.3 is 12.1 Å². The molecule has 2 aliphatic heterocycles. The summed E-state index contributed by atoms with van der Waals surface area (Å²) in [4.78, 5) is 24.4. The molecule has 2 fully saturated rings. The number of ether oxygens (including phenoxy) is 5. The number of fused-ring (bicyclic) bond motifs is 1. The second-order valence-electron chi connectivity index (χ2n) is 10.2. The highest BCUT2D eigenvalue weighted by atomic mass is 16.8. The zero-order valence-corrected chi connectivity index (χ0v) is 18.8. The van der Waals surface area contributed by atoms with Crippen molar-refractivity contribution >= 4 is 12.1 Å². The maximum Gasteiger partial charge on any atom is 0.407 e. The van der Waals surface area contributed by atoms with Gasteiger partial charge in [-0.2, -0.15) is 0 Å². The van der Waals surface area contributed by atoms with Crippen LogP contribution in [0.3, 0.4) is 0 Å². The maximum atomic E-state index is 12.3. The highest BCUT2D eigenvalue weighted by molar-refractivity contribution is 5.75. The van der Waals surface area contributed by atoms with Gasteiger partial charge in [-0.05, 0) is 62.3 Å². The van der Waals surface area contributed by atoms with Gasteiger partial charge in [-0.3, -0.25) is 4.79 Å². The molecule has 2 rings (SSSR count). The lowest BCUT2D eigenvalue weighted by Crippen LogP contribution is -2.54. The molecule has 2 saturated heterocycles. The number of rotatable bonds is 4. The first kappa shape index (κ1) is 23.9. The maximum absolute atomic E-state index is 12.3. The Kier molecular flexibility index (Phi) is 6.32. The summed E-state index contributed by atoms with van der Waals surface area (Å²) in [7, 11) is 0. The van der Waals surface area contributed by atoms with E-state index in [9.17, 15) is 14.7 Å². The smallest absolute Gasteiger partial charge is 0.407 e. The van der Waals surface area contributed by atoms with Crippen molar-refractivity contribution in [2.24, 2.45) is 5.41 Å². The van der Waals surface area contributed by atoms with Gasteiger partial charge in [0.2, 0.25) is 0 Å². The summed E-state index contributed by atoms with van der Waals surface area (Å²) < 4.78 is 28.4. The number of carbonyl (C=O) groups excluding carboxylic acids is 2. The monoisotopic (exact) mass is 417 g/mol. The first-order chi connectivity index (χ1) is 13.0. The van der Waals surface area contributed by atoms with Crippen LogP contribution in [0.15, 0.2) is 0 Å². The fourth-order valence-corrected chi connectivity index (χ4v) is 3.35. The lowest BCUT2D eigenvalue weighted by atomic mass is 9.92. The van der Waals surface area contributed by atoms with Gasteiger partial charge in [0.05, 0.1) is 11.5 Å². The van der Waals surface area contributed by atoms with Crippen LogP contribution in [0.2, 0.25) is 0 Å². The Morgan fingerprint density at radius 2 is 1.76 bits per heavy atom. The summed E-state index contributed by atoms with van der Waals surface area (Å²) in [5.74, 6) is -1.47. The third kappa shape index (κ3) is 5.39. The molecule has 9 heteroatoms. The number of aliphatic hydroxyl groups is 1. The number of hydrogen-bond acceptors (Lipinski definition) is 8. The lowest BCUT2D eigenvalue weighted by Gasteiger charge is -2.30. The van der Waals surface area contributed by atoms with Crippen LogP contribution in [0.1, 0.15) is 62.3 Å². The van der Waals surface area contributed by atoms with Gasteiger partial charge in [0.15, 0.2) is 17.7 Å². The second-order valence-corrected chi connectivity index (χ2v) is 10.2. The molecule has 2 N–H and O–H groups in total. The quantitative estimate of drug-likeness (QED) is 0.669. The Hall–Kier alpha value is -1.42. The van der Waals surface area contributed by atoms with Gasteiger partial charge < -0.3 is 34.1 Å². The van der Waals surface area contributed by atoms with E-state index in [1.54, 1.807) is 62.3 Å². The first-order valence-electron chi connectivity index (χ1n) is 9.85. The predicted molar refractivity (Wildman–Crippen MR) is 103 cm³/mol. The summed E-state index contributed by atoms with van der Waals surface area (Å²) in [6, 6.07) is -0.567. The summed E-state index contributed by atoms with van der Waals surface area (Å²) in [6.07, 6.45) is -3.54. The summed E-state index contributed by atoms with van der Waals surface area (Å²) >= 11 is 0. The Morgan fingerprint density at radius 1 is 1.17 bits per heavy atom. The number of alkyl carbamates (subject to hydrolysis) is 1. The van der Waals surface area contributed by atoms with Gasteiger partial charge in [0.1, 0.15) is 24.4 Å². The Bertz CT molecular complexity index is 635. The topological polar surface area (TPSA) is 113 Å². The Balaban J connectivity index is 2.17. The fourth-order valence-electron chi connectivity index (χ4n) is 3.35. The molecular weight excluding hydrogens is 382 g/mol. The zero-order chi connectivity index (χ0) is 22.4. The van der Waals surface area contributed by atoms with Crippen molar-refractivity contribution in [3.63, 3.8) is 0 Å². The molecule has 0 aromatic heterocycles. The third-order valence-corrected chi connectivity index (χ3v) is 4.61. The van der Waals surface area contributed by atoms with E-state index in [1.807, 2.05) is 0 Å². The molecule has 0 aromatic carbocycles. The normalized spacial score (nSPS) is 32.4. The highest BCUT2D eigenvalue weighted by Crippen LogP contribution is 2.47. The first-order valence-corrected chi connectivity index (χ1v) is 9.85. The minimum absolute atomic E-state index is 0.242. The molecular formula is C20H35NO8.